The van der Waals surface area contributed by atoms with Crippen molar-refractivity contribution in [1.82, 2.24) is 5.16 Å². The third kappa shape index (κ3) is 4.00. The van der Waals surface area contributed by atoms with Crippen molar-refractivity contribution in [1.29, 1.82) is 0 Å². The fourth-order valence-electron chi connectivity index (χ4n) is 6.48. The van der Waals surface area contributed by atoms with Crippen molar-refractivity contribution in [2.45, 2.75) is 76.2 Å². The van der Waals surface area contributed by atoms with Crippen LogP contribution >= 0.6 is 11.6 Å². The van der Waals surface area contributed by atoms with E-state index in [4.69, 9.17) is 25.3 Å². The smallest absolute Gasteiger partial charge is 0.371 e. The quantitative estimate of drug-likeness (QED) is 0.266. The molecule has 0 radical (unpaired) electrons. The first-order valence-electron chi connectivity index (χ1n) is 13.4. The van der Waals surface area contributed by atoms with Gasteiger partial charge in [0.15, 0.2) is 0 Å². The minimum absolute atomic E-state index is 0.0224. The minimum atomic E-state index is -1.05. The van der Waals surface area contributed by atoms with E-state index >= 15 is 0 Å². The normalized spacial score (nSPS) is 22.9. The van der Waals surface area contributed by atoms with Gasteiger partial charge >= 0.3 is 5.97 Å². The molecule has 4 heterocycles. The van der Waals surface area contributed by atoms with Crippen LogP contribution in [0.3, 0.4) is 0 Å². The molecule has 7 rings (SSSR count). The summed E-state index contributed by atoms with van der Waals surface area (Å²) < 4.78 is 17.9. The summed E-state index contributed by atoms with van der Waals surface area (Å²) in [4.78, 5) is 13.9. The number of carboxylic acid groups (broad SMARTS) is 1. The molecule has 2 aliphatic heterocycles. The Balaban J connectivity index is 1.11. The number of hydrogen-bond acceptors (Lipinski definition) is 6. The van der Waals surface area contributed by atoms with Crippen LogP contribution in [0.15, 0.2) is 51.4 Å². The molecule has 3 atom stereocenters. The second-order valence-electron chi connectivity index (χ2n) is 10.9. The van der Waals surface area contributed by atoms with Gasteiger partial charge in [-0.2, -0.15) is 0 Å². The van der Waals surface area contributed by atoms with Gasteiger partial charge in [-0.1, -0.05) is 35.0 Å². The molecule has 2 aromatic heterocycles. The highest BCUT2D eigenvalue weighted by Gasteiger charge is 2.42. The summed E-state index contributed by atoms with van der Waals surface area (Å²) in [6, 6.07) is 14.1. The summed E-state index contributed by atoms with van der Waals surface area (Å²) in [7, 11) is 0. The summed E-state index contributed by atoms with van der Waals surface area (Å²) in [5, 5.41) is 15.3. The molecule has 1 saturated carbocycles. The number of fused-ring (bicyclic) bond motifs is 3. The largest absolute Gasteiger partial charge is 0.475 e. The molecule has 2 unspecified atom stereocenters. The molecule has 4 aromatic rings. The van der Waals surface area contributed by atoms with Crippen LogP contribution in [0, 0.1) is 6.92 Å². The van der Waals surface area contributed by atoms with Crippen LogP contribution in [0.2, 0.25) is 5.02 Å². The van der Waals surface area contributed by atoms with Crippen LogP contribution in [0.1, 0.15) is 71.9 Å². The Morgan fingerprint density at radius 2 is 1.89 bits per heavy atom. The first kappa shape index (κ1) is 23.8. The summed E-state index contributed by atoms with van der Waals surface area (Å²) in [5.74, 6) is 0.309. The van der Waals surface area contributed by atoms with Gasteiger partial charge in [-0.05, 0) is 75.3 Å². The Morgan fingerprint density at radius 3 is 2.61 bits per heavy atom. The van der Waals surface area contributed by atoms with Gasteiger partial charge in [-0.15, -0.1) is 0 Å². The van der Waals surface area contributed by atoms with Crippen molar-refractivity contribution in [2.75, 3.05) is 4.90 Å². The van der Waals surface area contributed by atoms with E-state index in [-0.39, 0.29) is 11.9 Å². The fourth-order valence-corrected chi connectivity index (χ4v) is 6.70. The number of aryl methyl sites for hydroxylation is 1. The molecular weight excluding hydrogens is 504 g/mol. The number of hydrogen-bond donors (Lipinski definition) is 1. The molecule has 38 heavy (non-hydrogen) atoms. The first-order chi connectivity index (χ1) is 18.5. The van der Waals surface area contributed by atoms with Crippen molar-refractivity contribution in [3.05, 3.63) is 70.1 Å². The lowest BCUT2D eigenvalue weighted by atomic mass is 9.96. The number of aromatic carboxylic acids is 1. The van der Waals surface area contributed by atoms with Crippen LogP contribution in [0.4, 0.5) is 5.69 Å². The lowest BCUT2D eigenvalue weighted by Crippen LogP contribution is -2.45. The number of ether oxygens (including phenoxy) is 1. The van der Waals surface area contributed by atoms with Gasteiger partial charge < -0.3 is 23.7 Å². The third-order valence-electron chi connectivity index (χ3n) is 8.48. The second kappa shape index (κ2) is 9.17. The van der Waals surface area contributed by atoms with Crippen molar-refractivity contribution in [3.8, 4) is 11.3 Å². The number of piperidine rings is 1. The van der Waals surface area contributed by atoms with Crippen molar-refractivity contribution in [2.24, 2.45) is 0 Å². The molecule has 2 saturated heterocycles. The zero-order chi connectivity index (χ0) is 26.0. The van der Waals surface area contributed by atoms with E-state index in [1.165, 1.54) is 0 Å². The molecule has 1 N–H and O–H groups in total. The zero-order valence-electron chi connectivity index (χ0n) is 21.2. The molecule has 3 fully saturated rings. The number of aromatic nitrogens is 1. The number of benzene rings is 2. The van der Waals surface area contributed by atoms with E-state index in [9.17, 15) is 9.90 Å². The molecule has 2 aromatic carbocycles. The molecule has 0 spiro atoms. The summed E-state index contributed by atoms with van der Waals surface area (Å²) in [5.41, 5.74) is 5.56. The van der Waals surface area contributed by atoms with Gasteiger partial charge in [0.2, 0.25) is 5.76 Å². The number of carboxylic acids is 1. The van der Waals surface area contributed by atoms with Crippen molar-refractivity contribution in [3.63, 3.8) is 0 Å². The van der Waals surface area contributed by atoms with Crippen molar-refractivity contribution >= 4 is 34.2 Å². The molecule has 1 aliphatic carbocycles. The molecule has 7 nitrogen and oxygen atoms in total. The molecule has 0 amide bonds. The molecular formula is C30H29ClN2O5. The zero-order valence-corrected chi connectivity index (χ0v) is 21.9. The standard InChI is InChI=1S/C30H29ClN2O5/c1-16-22-14-27(30(34)35)37-26(22)11-10-25(16)33-18-8-9-19(33)13-20(12-18)36-15-23-28(21-4-2-3-5-24(21)31)32-38-29(23)17-6-7-17/h2-5,10-11,14,17-20H,6-9,12-13,15H2,1H3,(H,34,35)/t18-,19?,20?/m0/s1. The highest BCUT2D eigenvalue weighted by molar-refractivity contribution is 6.33. The Morgan fingerprint density at radius 1 is 1.13 bits per heavy atom. The van der Waals surface area contributed by atoms with Crippen LogP contribution < -0.4 is 4.90 Å². The highest BCUT2D eigenvalue weighted by Crippen LogP contribution is 2.46. The average molecular weight is 533 g/mol. The van der Waals surface area contributed by atoms with Gasteiger partial charge in [-0.25, -0.2) is 4.79 Å². The second-order valence-corrected chi connectivity index (χ2v) is 11.3. The van der Waals surface area contributed by atoms with E-state index in [0.29, 0.717) is 35.2 Å². The number of anilines is 1. The number of nitrogens with zero attached hydrogens (tertiary/aromatic N) is 2. The van der Waals surface area contributed by atoms with Gasteiger partial charge in [0.25, 0.3) is 0 Å². The Bertz CT molecular complexity index is 1520. The maximum absolute atomic E-state index is 11.4. The Hall–Kier alpha value is -3.29. The average Bonchev–Trinajstić information content (AvgIpc) is 3.41. The lowest BCUT2D eigenvalue weighted by Gasteiger charge is -2.41. The molecule has 2 bridgehead atoms. The molecule has 3 aliphatic rings. The van der Waals surface area contributed by atoms with E-state index < -0.39 is 5.97 Å². The molecule has 196 valence electrons. The Labute approximate surface area is 225 Å². The maximum atomic E-state index is 11.4. The van der Waals surface area contributed by atoms with E-state index in [2.05, 4.69) is 23.0 Å². The lowest BCUT2D eigenvalue weighted by molar-refractivity contribution is 0.0147. The summed E-state index contributed by atoms with van der Waals surface area (Å²) in [6.07, 6.45) is 6.55. The van der Waals surface area contributed by atoms with Crippen LogP contribution in [0.25, 0.3) is 22.2 Å². The number of carbonyl (C=O) groups is 1. The van der Waals surface area contributed by atoms with Crippen LogP contribution in [0.5, 0.6) is 0 Å². The van der Waals surface area contributed by atoms with Gasteiger partial charge in [0, 0.05) is 40.2 Å². The van der Waals surface area contributed by atoms with Gasteiger partial charge in [0.05, 0.1) is 17.7 Å². The van der Waals surface area contributed by atoms with Gasteiger partial charge in [0.1, 0.15) is 17.0 Å². The number of rotatable bonds is 7. The predicted molar refractivity (Wildman–Crippen MR) is 144 cm³/mol. The van der Waals surface area contributed by atoms with E-state index in [0.717, 1.165) is 77.7 Å². The predicted octanol–water partition coefficient (Wildman–Crippen LogP) is 7.34. The van der Waals surface area contributed by atoms with Crippen molar-refractivity contribution < 1.29 is 23.6 Å². The SMILES string of the molecule is Cc1c(N2C3CC[C@H]2CC(OCc2c(-c4ccccc4Cl)noc2C2CC2)C3)ccc2oc(C(=O)O)cc12. The Kier molecular flexibility index (Phi) is 5.74. The monoisotopic (exact) mass is 532 g/mol. The van der Waals surface area contributed by atoms with Crippen LogP contribution in [-0.4, -0.2) is 34.4 Å². The molecule has 8 heteroatoms. The minimum Gasteiger partial charge on any atom is -0.475 e. The van der Waals surface area contributed by atoms with E-state index in [1.54, 1.807) is 6.07 Å². The third-order valence-corrected chi connectivity index (χ3v) is 8.81. The van der Waals surface area contributed by atoms with E-state index in [1.807, 2.05) is 30.3 Å². The summed E-state index contributed by atoms with van der Waals surface area (Å²) in [6.45, 7) is 2.53. The number of furan rings is 1. The fraction of sp³-hybridized carbons (Fsp3) is 0.400. The van der Waals surface area contributed by atoms with Crippen LogP contribution in [-0.2, 0) is 11.3 Å². The van der Waals surface area contributed by atoms with Gasteiger partial charge in [-0.3, -0.25) is 0 Å². The summed E-state index contributed by atoms with van der Waals surface area (Å²) >= 11 is 6.51. The highest BCUT2D eigenvalue weighted by atomic mass is 35.5. The first-order valence-corrected chi connectivity index (χ1v) is 13.8. The maximum Gasteiger partial charge on any atom is 0.371 e. The number of halogens is 1. The topological polar surface area (TPSA) is 88.9 Å².